The summed E-state index contributed by atoms with van der Waals surface area (Å²) in [5.74, 6) is 0. The fourth-order valence-electron chi connectivity index (χ4n) is 0.492. The summed E-state index contributed by atoms with van der Waals surface area (Å²) in [5.41, 5.74) is 0. The largest absolute Gasteiger partial charge is 0.244 e. The predicted octanol–water partition coefficient (Wildman–Crippen LogP) is 1.86. The summed E-state index contributed by atoms with van der Waals surface area (Å²) in [6.07, 6.45) is 1.19. The van der Waals surface area contributed by atoms with Crippen molar-refractivity contribution in [1.29, 1.82) is 0 Å². The molecule has 0 unspecified atom stereocenters. The van der Waals surface area contributed by atoms with Crippen LogP contribution in [-0.4, -0.2) is 12.0 Å². The molecule has 1 rings (SSSR count). The summed E-state index contributed by atoms with van der Waals surface area (Å²) < 4.78 is 12.2. The van der Waals surface area contributed by atoms with Gasteiger partial charge in [0.2, 0.25) is 0 Å². The first-order chi connectivity index (χ1) is 4.83. The van der Waals surface area contributed by atoms with E-state index in [4.69, 9.17) is 0 Å². The van der Waals surface area contributed by atoms with Gasteiger partial charge in [-0.3, -0.25) is 0 Å². The molecular formula is C5H6FN3S. The molecule has 1 heterocycles. The number of thiazole rings is 1. The van der Waals surface area contributed by atoms with Crippen molar-refractivity contribution in [2.45, 2.75) is 6.54 Å². The number of nitrogens with zero attached hydrogens (tertiary/aromatic N) is 3. The Kier molecular flexibility index (Phi) is 2.44. The molecule has 1 aromatic heterocycles. The van der Waals surface area contributed by atoms with E-state index in [0.717, 1.165) is 11.3 Å². The Balaban J connectivity index is 2.58. The maximum Gasteiger partial charge on any atom is 0.196 e. The van der Waals surface area contributed by atoms with Crippen LogP contribution in [0.5, 0.6) is 0 Å². The maximum atomic E-state index is 12.2. The highest BCUT2D eigenvalue weighted by molar-refractivity contribution is 7.09. The molecule has 0 amide bonds. The molecule has 1 aromatic rings. The average Bonchev–Trinajstić information content (AvgIpc) is 2.31. The van der Waals surface area contributed by atoms with E-state index in [2.05, 4.69) is 15.2 Å². The second-order valence-corrected chi connectivity index (χ2v) is 2.62. The van der Waals surface area contributed by atoms with Crippen molar-refractivity contribution < 1.29 is 4.39 Å². The Morgan fingerprint density at radius 1 is 1.80 bits per heavy atom. The average molecular weight is 159 g/mol. The van der Waals surface area contributed by atoms with Crippen molar-refractivity contribution in [3.05, 3.63) is 16.3 Å². The Morgan fingerprint density at radius 2 is 2.60 bits per heavy atom. The maximum absolute atomic E-state index is 12.2. The molecule has 10 heavy (non-hydrogen) atoms. The van der Waals surface area contributed by atoms with Gasteiger partial charge in [-0.2, -0.15) is 14.6 Å². The van der Waals surface area contributed by atoms with E-state index in [9.17, 15) is 4.39 Å². The first-order valence-electron chi connectivity index (χ1n) is 2.68. The normalized spacial score (nSPS) is 11.0. The number of azo groups is 1. The van der Waals surface area contributed by atoms with Crippen LogP contribution in [0.15, 0.2) is 16.4 Å². The van der Waals surface area contributed by atoms with Crippen molar-refractivity contribution in [3.63, 3.8) is 0 Å². The Hall–Kier alpha value is -0.840. The molecule has 0 saturated heterocycles. The molecule has 0 aliphatic rings. The Labute approximate surface area is 61.6 Å². The van der Waals surface area contributed by atoms with Crippen molar-refractivity contribution in [1.82, 2.24) is 4.98 Å². The lowest BCUT2D eigenvalue weighted by atomic mass is 10.7. The fraction of sp³-hybridized carbons (Fsp3) is 0.400. The number of hydrogen-bond donors (Lipinski definition) is 0. The smallest absolute Gasteiger partial charge is 0.196 e. The lowest BCUT2D eigenvalue weighted by Gasteiger charge is -1.81. The Morgan fingerprint density at radius 3 is 3.10 bits per heavy atom. The molecule has 0 radical (unpaired) electrons. The van der Waals surface area contributed by atoms with Crippen LogP contribution in [0.25, 0.3) is 0 Å². The van der Waals surface area contributed by atoms with Crippen molar-refractivity contribution in [3.8, 4) is 0 Å². The summed E-state index contributed by atoms with van der Waals surface area (Å²) in [6, 6.07) is 0. The molecule has 0 fully saturated rings. The van der Waals surface area contributed by atoms with E-state index in [0.29, 0.717) is 11.6 Å². The Bertz CT molecular complexity index is 233. The van der Waals surface area contributed by atoms with Gasteiger partial charge in [-0.1, -0.05) is 11.3 Å². The third-order valence-corrected chi connectivity index (χ3v) is 1.64. The van der Waals surface area contributed by atoms with Gasteiger partial charge in [-0.25, -0.2) is 4.98 Å². The minimum Gasteiger partial charge on any atom is -0.244 e. The second-order valence-electron chi connectivity index (χ2n) is 1.56. The molecule has 0 saturated carbocycles. The summed E-state index contributed by atoms with van der Waals surface area (Å²) in [6.45, 7) is 0.380. The summed E-state index contributed by atoms with van der Waals surface area (Å²) in [5, 5.41) is 7.55. The van der Waals surface area contributed by atoms with Crippen LogP contribution in [0, 0.1) is 5.13 Å². The zero-order valence-corrected chi connectivity index (χ0v) is 6.23. The molecule has 3 nitrogen and oxygen atoms in total. The molecular weight excluding hydrogens is 153 g/mol. The number of hydrogen-bond acceptors (Lipinski definition) is 4. The minimum absolute atomic E-state index is 0.277. The van der Waals surface area contributed by atoms with Crippen LogP contribution in [0.2, 0.25) is 0 Å². The van der Waals surface area contributed by atoms with E-state index in [1.165, 1.54) is 6.20 Å². The van der Waals surface area contributed by atoms with E-state index < -0.39 is 0 Å². The highest BCUT2D eigenvalue weighted by atomic mass is 32.1. The summed E-state index contributed by atoms with van der Waals surface area (Å²) in [7, 11) is 1.57. The van der Waals surface area contributed by atoms with Crippen LogP contribution in [0.1, 0.15) is 5.01 Å². The molecule has 0 spiro atoms. The standard InChI is InChI=1S/C5H6FN3S/c1-7-9-3-5-8-2-4(6)10-5/h2H,3H2,1H3. The van der Waals surface area contributed by atoms with Crippen molar-refractivity contribution in [2.75, 3.05) is 7.05 Å². The molecule has 0 bridgehead atoms. The molecule has 54 valence electrons. The van der Waals surface area contributed by atoms with E-state index >= 15 is 0 Å². The van der Waals surface area contributed by atoms with Crippen molar-refractivity contribution in [2.24, 2.45) is 10.2 Å². The zero-order chi connectivity index (χ0) is 7.40. The van der Waals surface area contributed by atoms with Gasteiger partial charge in [0.15, 0.2) is 5.13 Å². The van der Waals surface area contributed by atoms with Gasteiger partial charge in [0.1, 0.15) is 11.6 Å². The van der Waals surface area contributed by atoms with Crippen LogP contribution >= 0.6 is 11.3 Å². The lowest BCUT2D eigenvalue weighted by molar-refractivity contribution is 0.653. The monoisotopic (exact) mass is 159 g/mol. The van der Waals surface area contributed by atoms with Crippen molar-refractivity contribution >= 4 is 11.3 Å². The van der Waals surface area contributed by atoms with E-state index in [1.54, 1.807) is 7.05 Å². The van der Waals surface area contributed by atoms with Gasteiger partial charge in [0.05, 0.1) is 6.20 Å². The number of halogens is 1. The third-order valence-electron chi connectivity index (χ3n) is 0.873. The number of rotatable bonds is 2. The highest BCUT2D eigenvalue weighted by Gasteiger charge is 1.97. The molecule has 0 aromatic carbocycles. The van der Waals surface area contributed by atoms with E-state index in [-0.39, 0.29) is 5.13 Å². The third kappa shape index (κ3) is 1.84. The van der Waals surface area contributed by atoms with Gasteiger partial charge in [0, 0.05) is 7.05 Å². The zero-order valence-electron chi connectivity index (χ0n) is 5.41. The van der Waals surface area contributed by atoms with Crippen LogP contribution in [0.3, 0.4) is 0 Å². The van der Waals surface area contributed by atoms with Crippen LogP contribution in [0.4, 0.5) is 4.39 Å². The molecule has 0 N–H and O–H groups in total. The SMILES string of the molecule is CN=NCc1ncc(F)s1. The minimum atomic E-state index is -0.277. The summed E-state index contributed by atoms with van der Waals surface area (Å²) in [4.78, 5) is 3.74. The molecule has 0 atom stereocenters. The molecule has 0 aliphatic heterocycles. The fourth-order valence-corrected chi connectivity index (χ4v) is 1.05. The van der Waals surface area contributed by atoms with Gasteiger partial charge >= 0.3 is 0 Å². The molecule has 5 heteroatoms. The topological polar surface area (TPSA) is 37.6 Å². The second kappa shape index (κ2) is 3.36. The van der Waals surface area contributed by atoms with Gasteiger partial charge in [0.25, 0.3) is 0 Å². The first-order valence-corrected chi connectivity index (χ1v) is 3.50. The quantitative estimate of drug-likeness (QED) is 0.607. The van der Waals surface area contributed by atoms with E-state index in [1.807, 2.05) is 0 Å². The first kappa shape index (κ1) is 7.27. The van der Waals surface area contributed by atoms with Crippen LogP contribution < -0.4 is 0 Å². The summed E-state index contributed by atoms with van der Waals surface area (Å²) >= 11 is 0.996. The predicted molar refractivity (Wildman–Crippen MR) is 36.6 cm³/mol. The highest BCUT2D eigenvalue weighted by Crippen LogP contribution is 2.10. The number of aromatic nitrogens is 1. The molecule has 0 aliphatic carbocycles. The van der Waals surface area contributed by atoms with Crippen LogP contribution in [-0.2, 0) is 6.54 Å². The van der Waals surface area contributed by atoms with Gasteiger partial charge in [-0.15, -0.1) is 0 Å². The van der Waals surface area contributed by atoms with Gasteiger partial charge in [-0.05, 0) is 0 Å². The van der Waals surface area contributed by atoms with Gasteiger partial charge < -0.3 is 0 Å². The lowest BCUT2D eigenvalue weighted by Crippen LogP contribution is -1.74.